The molecule has 0 aliphatic carbocycles. The Bertz CT molecular complexity index is 6230. The van der Waals surface area contributed by atoms with Crippen molar-refractivity contribution >= 4 is 74.9 Å². The van der Waals surface area contributed by atoms with E-state index in [1.165, 1.54) is 126 Å². The number of thiophene rings is 1. The minimum atomic E-state index is 0.0218. The molecule has 590 valence electrons. The maximum atomic E-state index is 4.49. The Hall–Kier alpha value is -11.3. The van der Waals surface area contributed by atoms with Crippen molar-refractivity contribution in [3.63, 3.8) is 0 Å². The number of aromatic nitrogens is 12. The molecule has 16 aromatic rings. The lowest BCUT2D eigenvalue weighted by Crippen LogP contribution is -2.12. The molecule has 0 bridgehead atoms. The van der Waals surface area contributed by atoms with E-state index in [1.54, 1.807) is 11.3 Å². The molecule has 5 heterocycles. The summed E-state index contributed by atoms with van der Waals surface area (Å²) in [7, 11) is 0. The fourth-order valence-corrected chi connectivity index (χ4v) is 17.6. The topological polar surface area (TPSA) is 155 Å². The Balaban J connectivity index is 0.000000135. The number of rotatable bonds is 12. The van der Waals surface area contributed by atoms with Crippen LogP contribution in [-0.2, 0) is 17.3 Å². The van der Waals surface area contributed by atoms with E-state index in [9.17, 15) is 0 Å². The van der Waals surface area contributed by atoms with Gasteiger partial charge in [-0.1, -0.05) is 281 Å². The third-order valence-electron chi connectivity index (χ3n) is 21.9. The summed E-state index contributed by atoms with van der Waals surface area (Å²) in [5.41, 5.74) is 31.1. The van der Waals surface area contributed by atoms with Crippen LogP contribution in [0.4, 0.5) is 0 Å². The zero-order valence-electron chi connectivity index (χ0n) is 72.4. The van der Waals surface area contributed by atoms with Gasteiger partial charge in [0.15, 0.2) is 0 Å². The van der Waals surface area contributed by atoms with Gasteiger partial charge >= 0.3 is 0 Å². The maximum Gasteiger partial charge on any atom is 0.116 e. The molecule has 0 radical (unpaired) electrons. The Morgan fingerprint density at radius 1 is 0.319 bits per heavy atom. The highest BCUT2D eigenvalue weighted by Crippen LogP contribution is 2.45. The highest BCUT2D eigenvalue weighted by molar-refractivity contribution is 7.26. The number of hydrogen-bond acceptors (Lipinski definition) is 13. The number of aryl methyl sites for hydroxylation is 5. The summed E-state index contributed by atoms with van der Waals surface area (Å²) < 4.78 is 2.34. The van der Waals surface area contributed by atoms with Crippen molar-refractivity contribution in [3.05, 3.63) is 273 Å². The molecule has 13 heteroatoms. The van der Waals surface area contributed by atoms with Crippen molar-refractivity contribution in [1.82, 2.24) is 61.6 Å². The average Bonchev–Trinajstić information content (AvgIpc) is 1.37. The molecule has 0 aliphatic heterocycles. The predicted octanol–water partition coefficient (Wildman–Crippen LogP) is 27.8. The van der Waals surface area contributed by atoms with Gasteiger partial charge in [0, 0.05) is 54.2 Å². The van der Waals surface area contributed by atoms with E-state index in [4.69, 9.17) is 0 Å². The molecule has 116 heavy (non-hydrogen) atoms. The highest BCUT2D eigenvalue weighted by Gasteiger charge is 2.27. The first-order chi connectivity index (χ1) is 55.1. The standard InChI is InChI=1S/C29H33N3.C26H33N3.C24H21N3S.C24H25N3/c1-18(2)22-13-10-14-23(19(3)4)28(22)27-17-26(30-32-31-27)21-15-20-11-8-9-12-24(20)25(16-21)29(5,6)7;1-15(2)20-12-22(16(3)4)26(23(13-20)17(5)6)25-14-24(27-29-28-25)21-10-18(7)9-19(8)11-21;1-14-8-7-11-19-20(14)22-23(28-19)21(25-27-26-22)16-12-15-9-5-6-10-17(15)18(13-16)24(2,3)4;1-15-11-16(2)13-19(12-15)22-20-10-9-17-7-6-8-18(14-24(3,4)5)21(17)23(20)26-27-25-22/h8-19H,1-7H3;9-17H,1-8H3;5-13H,1-4H3;6-13H,14H2,1-5H3. The van der Waals surface area contributed by atoms with Crippen molar-refractivity contribution in [1.29, 1.82) is 0 Å². The number of nitrogens with zero attached hydrogens (tertiary/aromatic N) is 12. The van der Waals surface area contributed by atoms with Crippen molar-refractivity contribution in [2.75, 3.05) is 0 Å². The van der Waals surface area contributed by atoms with Crippen molar-refractivity contribution in [2.45, 2.75) is 213 Å². The molecular weight excluding hydrogens is 1440 g/mol. The van der Waals surface area contributed by atoms with Crippen molar-refractivity contribution < 1.29 is 0 Å². The van der Waals surface area contributed by atoms with Crippen LogP contribution in [0.3, 0.4) is 0 Å². The molecule has 0 atom stereocenters. The van der Waals surface area contributed by atoms with E-state index in [1.807, 2.05) is 0 Å². The second-order valence-corrected chi connectivity index (χ2v) is 37.6. The smallest absolute Gasteiger partial charge is 0.116 e. The Morgan fingerprint density at radius 3 is 1.27 bits per heavy atom. The predicted molar refractivity (Wildman–Crippen MR) is 490 cm³/mol. The van der Waals surface area contributed by atoms with Gasteiger partial charge in [0.05, 0.1) is 27.5 Å². The quantitative estimate of drug-likeness (QED) is 0.107. The van der Waals surface area contributed by atoms with Gasteiger partial charge in [-0.3, -0.25) is 0 Å². The van der Waals surface area contributed by atoms with Crippen LogP contribution < -0.4 is 0 Å². The molecule has 11 aromatic carbocycles. The monoisotopic (exact) mass is 1550 g/mol. The van der Waals surface area contributed by atoms with Crippen LogP contribution in [-0.4, -0.2) is 61.6 Å². The summed E-state index contributed by atoms with van der Waals surface area (Å²) in [6, 6.07) is 71.9. The molecule has 0 N–H and O–H groups in total. The molecule has 16 rings (SSSR count). The first kappa shape index (κ1) is 82.7. The first-order valence-electron chi connectivity index (χ1n) is 41.1. The normalized spacial score (nSPS) is 12.0. The fourth-order valence-electron chi connectivity index (χ4n) is 16.3. The highest BCUT2D eigenvalue weighted by atomic mass is 32.1. The zero-order valence-corrected chi connectivity index (χ0v) is 73.2. The van der Waals surface area contributed by atoms with Crippen molar-refractivity contribution in [2.24, 2.45) is 5.41 Å². The molecule has 12 nitrogen and oxygen atoms in total. The first-order valence-corrected chi connectivity index (χ1v) is 41.9. The third kappa shape index (κ3) is 18.0. The number of fused-ring (bicyclic) bond motifs is 8. The molecule has 0 saturated carbocycles. The lowest BCUT2D eigenvalue weighted by atomic mass is 9.82. The van der Waals surface area contributed by atoms with Gasteiger partial charge < -0.3 is 0 Å². The summed E-state index contributed by atoms with van der Waals surface area (Å²) in [6.45, 7) is 53.4. The molecular formula is C103H112N12S. The molecule has 5 aromatic heterocycles. The summed E-state index contributed by atoms with van der Waals surface area (Å²) in [4.78, 5) is 0. The van der Waals surface area contributed by atoms with E-state index in [2.05, 4.69) is 428 Å². The van der Waals surface area contributed by atoms with Gasteiger partial charge in [-0.15, -0.1) is 52.1 Å². The lowest BCUT2D eigenvalue weighted by molar-refractivity contribution is 0.412. The number of hydrogen-bond donors (Lipinski definition) is 0. The van der Waals surface area contributed by atoms with Crippen LogP contribution in [0.15, 0.2) is 200 Å². The van der Waals surface area contributed by atoms with E-state index >= 15 is 0 Å². The molecule has 0 aliphatic rings. The van der Waals surface area contributed by atoms with Gasteiger partial charge in [-0.2, -0.15) is 0 Å². The van der Waals surface area contributed by atoms with E-state index < -0.39 is 0 Å². The SMILES string of the molecule is CC(C)c1cccc(C(C)C)c1-c1cc(-c2cc(C(C)(C)C)c3ccccc3c2)nnn1.Cc1cc(C)cc(-c2cc(-c3c(C(C)C)cc(C(C)C)cc3C(C)C)nnn2)c1.Cc1cc(C)cc(-c2nnnc3c2ccc2cccc(CC(C)(C)C)c23)c1.Cc1cccc2sc3c(-c4cc(C(C)(C)C)c5ccccc5c4)nnnc3c12. The molecule has 0 unspecified atom stereocenters. The third-order valence-corrected chi connectivity index (χ3v) is 23.0. The van der Waals surface area contributed by atoms with Gasteiger partial charge in [-0.05, 0) is 258 Å². The van der Waals surface area contributed by atoms with Gasteiger partial charge in [0.25, 0.3) is 0 Å². The number of benzene rings is 11. The maximum absolute atomic E-state index is 4.49. The average molecular weight is 1550 g/mol. The van der Waals surface area contributed by atoms with E-state index in [0.717, 1.165) is 84.0 Å². The summed E-state index contributed by atoms with van der Waals surface area (Å²) in [5, 5.41) is 61.9. The largest absolute Gasteiger partial charge is 0.131 e. The van der Waals surface area contributed by atoms with E-state index in [0.29, 0.717) is 29.6 Å². The van der Waals surface area contributed by atoms with Gasteiger partial charge in [0.1, 0.15) is 22.4 Å². The summed E-state index contributed by atoms with van der Waals surface area (Å²) in [5.74, 6) is 2.10. The van der Waals surface area contributed by atoms with E-state index in [-0.39, 0.29) is 16.2 Å². The van der Waals surface area contributed by atoms with Gasteiger partial charge in [0.2, 0.25) is 0 Å². The van der Waals surface area contributed by atoms with Crippen LogP contribution in [0.1, 0.15) is 233 Å². The Labute approximate surface area is 690 Å². The zero-order chi connectivity index (χ0) is 83.0. The second kappa shape index (κ2) is 33.9. The minimum absolute atomic E-state index is 0.0218. The summed E-state index contributed by atoms with van der Waals surface area (Å²) >= 11 is 1.75. The van der Waals surface area contributed by atoms with Gasteiger partial charge in [-0.25, -0.2) is 0 Å². The Kier molecular flexibility index (Phi) is 24.2. The molecule has 0 amide bonds. The lowest BCUT2D eigenvalue weighted by Gasteiger charge is -2.23. The minimum Gasteiger partial charge on any atom is -0.131 e. The second-order valence-electron chi connectivity index (χ2n) is 36.5. The molecule has 0 fully saturated rings. The van der Waals surface area contributed by atoms with Crippen LogP contribution in [0.5, 0.6) is 0 Å². The van der Waals surface area contributed by atoms with Crippen LogP contribution in [0, 0.1) is 40.0 Å². The summed E-state index contributed by atoms with van der Waals surface area (Å²) in [6.07, 6.45) is 0.992. The fraction of sp³-hybridized carbons (Fsp3) is 0.320. The van der Waals surface area contributed by atoms with Crippen LogP contribution in [0.2, 0.25) is 0 Å². The molecule has 0 saturated heterocycles. The Morgan fingerprint density at radius 2 is 0.750 bits per heavy atom. The van der Waals surface area contributed by atoms with Crippen LogP contribution >= 0.6 is 11.3 Å². The van der Waals surface area contributed by atoms with Crippen LogP contribution in [0.25, 0.3) is 131 Å². The van der Waals surface area contributed by atoms with Crippen molar-refractivity contribution in [3.8, 4) is 67.5 Å². The molecule has 0 spiro atoms.